The normalized spacial score (nSPS) is 26.1. The summed E-state index contributed by atoms with van der Waals surface area (Å²) in [5.41, 5.74) is -1.22. The van der Waals surface area contributed by atoms with E-state index in [2.05, 4.69) is 10.3 Å². The lowest BCUT2D eigenvalue weighted by Crippen LogP contribution is -2.42. The molecule has 1 amide bonds. The van der Waals surface area contributed by atoms with Gasteiger partial charge in [0.25, 0.3) is 5.56 Å². The van der Waals surface area contributed by atoms with Crippen LogP contribution >= 0.6 is 0 Å². The van der Waals surface area contributed by atoms with Crippen LogP contribution in [-0.2, 0) is 19.7 Å². The van der Waals surface area contributed by atoms with Crippen molar-refractivity contribution in [2.24, 2.45) is 0 Å². The van der Waals surface area contributed by atoms with Crippen LogP contribution in [0.25, 0.3) is 0 Å². The fourth-order valence-corrected chi connectivity index (χ4v) is 2.91. The van der Waals surface area contributed by atoms with Crippen LogP contribution in [0.15, 0.2) is 15.8 Å². The molecule has 2 heterocycles. The second kappa shape index (κ2) is 7.73. The van der Waals surface area contributed by atoms with E-state index in [1.165, 1.54) is 17.8 Å². The zero-order valence-electron chi connectivity index (χ0n) is 15.7. The number of ether oxygens (including phenoxy) is 2. The molecule has 9 heteroatoms. The maximum absolute atomic E-state index is 12.4. The number of aromatic nitrogens is 2. The van der Waals surface area contributed by atoms with Crippen LogP contribution in [0.5, 0.6) is 0 Å². The first-order chi connectivity index (χ1) is 12.1. The zero-order valence-corrected chi connectivity index (χ0v) is 15.7. The van der Waals surface area contributed by atoms with Crippen LogP contribution in [0, 0.1) is 0 Å². The average molecular weight is 369 g/mol. The molecule has 4 unspecified atom stereocenters. The minimum atomic E-state index is -1.01. The molecule has 1 aromatic heterocycles. The Morgan fingerprint density at radius 3 is 2.62 bits per heavy atom. The molecule has 1 aliphatic rings. The van der Waals surface area contributed by atoms with E-state index in [-0.39, 0.29) is 12.5 Å². The van der Waals surface area contributed by atoms with E-state index < -0.39 is 41.2 Å². The summed E-state index contributed by atoms with van der Waals surface area (Å²) in [4.78, 5) is 38.3. The van der Waals surface area contributed by atoms with Crippen molar-refractivity contribution in [3.05, 3.63) is 32.6 Å². The Kier molecular flexibility index (Phi) is 6.05. The predicted molar refractivity (Wildman–Crippen MR) is 94.0 cm³/mol. The third-order valence-corrected chi connectivity index (χ3v) is 4.45. The number of nitrogens with one attached hydrogen (secondary N) is 2. The summed E-state index contributed by atoms with van der Waals surface area (Å²) in [6, 6.07) is 0. The summed E-state index contributed by atoms with van der Waals surface area (Å²) in [6.45, 7) is 7.11. The molecule has 26 heavy (non-hydrogen) atoms. The standard InChI is InChI=1S/C17H27N3O6/c1-6-10-12(22)13(25-8-11(21)18-5)15(26-10)20-7-9(17(2,3)4)14(23)19-16(20)24/h7,10,12-13,15,22H,6,8H2,1-5H3,(H,18,21)(H,19,23,24). The van der Waals surface area contributed by atoms with Gasteiger partial charge in [0.1, 0.15) is 18.8 Å². The SMILES string of the molecule is CCC1OC(n2cc(C(C)(C)C)c(=O)[nH]c2=O)C(OCC(=O)NC)C1O. The molecular weight excluding hydrogens is 342 g/mol. The lowest BCUT2D eigenvalue weighted by Gasteiger charge is -2.24. The summed E-state index contributed by atoms with van der Waals surface area (Å²) in [5.74, 6) is -0.361. The average Bonchev–Trinajstić information content (AvgIpc) is 2.87. The quantitative estimate of drug-likeness (QED) is 0.651. The fraction of sp³-hybridized carbons (Fsp3) is 0.706. The highest BCUT2D eigenvalue weighted by molar-refractivity contribution is 5.76. The Balaban J connectivity index is 2.44. The van der Waals surface area contributed by atoms with Crippen LogP contribution in [0.4, 0.5) is 0 Å². The van der Waals surface area contributed by atoms with Gasteiger partial charge in [0, 0.05) is 18.8 Å². The molecule has 9 nitrogen and oxygen atoms in total. The molecule has 0 aromatic carbocycles. The van der Waals surface area contributed by atoms with Crippen LogP contribution in [0.1, 0.15) is 45.9 Å². The number of aromatic amines is 1. The van der Waals surface area contributed by atoms with E-state index in [0.717, 1.165) is 0 Å². The van der Waals surface area contributed by atoms with Crippen LogP contribution in [-0.4, -0.2) is 52.5 Å². The molecule has 0 aliphatic carbocycles. The van der Waals surface area contributed by atoms with Gasteiger partial charge in [-0.1, -0.05) is 27.7 Å². The summed E-state index contributed by atoms with van der Waals surface area (Å²) in [5, 5.41) is 12.9. The Bertz CT molecular complexity index is 763. The summed E-state index contributed by atoms with van der Waals surface area (Å²) < 4.78 is 12.6. The molecule has 1 aliphatic heterocycles. The van der Waals surface area contributed by atoms with Crippen molar-refractivity contribution in [3.8, 4) is 0 Å². The molecule has 0 spiro atoms. The summed E-state index contributed by atoms with van der Waals surface area (Å²) in [6.07, 6.45) is -1.49. The van der Waals surface area contributed by atoms with E-state index in [1.807, 2.05) is 27.7 Å². The molecule has 1 saturated heterocycles. The first-order valence-corrected chi connectivity index (χ1v) is 8.61. The van der Waals surface area contributed by atoms with Crippen LogP contribution in [0.2, 0.25) is 0 Å². The van der Waals surface area contributed by atoms with Crippen molar-refractivity contribution >= 4 is 5.91 Å². The Labute approximate surface area is 151 Å². The Morgan fingerprint density at radius 1 is 1.42 bits per heavy atom. The zero-order chi connectivity index (χ0) is 19.6. The maximum Gasteiger partial charge on any atom is 0.330 e. The molecule has 1 fully saturated rings. The fourth-order valence-electron chi connectivity index (χ4n) is 2.91. The number of hydrogen-bond acceptors (Lipinski definition) is 6. The van der Waals surface area contributed by atoms with E-state index in [9.17, 15) is 19.5 Å². The number of rotatable bonds is 5. The van der Waals surface area contributed by atoms with Gasteiger partial charge >= 0.3 is 5.69 Å². The van der Waals surface area contributed by atoms with Gasteiger partial charge in [-0.15, -0.1) is 0 Å². The van der Waals surface area contributed by atoms with Gasteiger partial charge in [-0.25, -0.2) is 4.79 Å². The van der Waals surface area contributed by atoms with Crippen molar-refractivity contribution in [2.75, 3.05) is 13.7 Å². The van der Waals surface area contributed by atoms with Crippen LogP contribution < -0.4 is 16.6 Å². The van der Waals surface area contributed by atoms with Crippen molar-refractivity contribution in [1.29, 1.82) is 0 Å². The van der Waals surface area contributed by atoms with Gasteiger partial charge in [0.15, 0.2) is 6.23 Å². The Morgan fingerprint density at radius 2 is 2.08 bits per heavy atom. The highest BCUT2D eigenvalue weighted by atomic mass is 16.6. The second-order valence-corrected chi connectivity index (χ2v) is 7.37. The third-order valence-electron chi connectivity index (χ3n) is 4.45. The van der Waals surface area contributed by atoms with E-state index in [4.69, 9.17) is 9.47 Å². The number of aliphatic hydroxyl groups is 1. The molecule has 4 atom stereocenters. The van der Waals surface area contributed by atoms with Gasteiger partial charge in [-0.05, 0) is 11.8 Å². The van der Waals surface area contributed by atoms with E-state index in [0.29, 0.717) is 12.0 Å². The highest BCUT2D eigenvalue weighted by Crippen LogP contribution is 2.32. The van der Waals surface area contributed by atoms with Crippen molar-refractivity contribution in [2.45, 2.75) is 64.1 Å². The number of H-pyrrole nitrogens is 1. The topological polar surface area (TPSA) is 123 Å². The monoisotopic (exact) mass is 369 g/mol. The first-order valence-electron chi connectivity index (χ1n) is 8.61. The summed E-state index contributed by atoms with van der Waals surface area (Å²) in [7, 11) is 1.47. The smallest absolute Gasteiger partial charge is 0.330 e. The molecular formula is C17H27N3O6. The molecule has 0 bridgehead atoms. The number of aliphatic hydroxyl groups excluding tert-OH is 1. The van der Waals surface area contributed by atoms with Gasteiger partial charge in [-0.3, -0.25) is 19.1 Å². The minimum Gasteiger partial charge on any atom is -0.388 e. The van der Waals surface area contributed by atoms with Crippen molar-refractivity contribution < 1.29 is 19.4 Å². The lowest BCUT2D eigenvalue weighted by molar-refractivity contribution is -0.132. The van der Waals surface area contributed by atoms with Crippen molar-refractivity contribution in [3.63, 3.8) is 0 Å². The molecule has 146 valence electrons. The van der Waals surface area contributed by atoms with Gasteiger partial charge in [-0.2, -0.15) is 0 Å². The van der Waals surface area contributed by atoms with Gasteiger partial charge in [0.05, 0.1) is 6.10 Å². The first kappa shape index (κ1) is 20.3. The summed E-state index contributed by atoms with van der Waals surface area (Å²) >= 11 is 0. The third kappa shape index (κ3) is 4.05. The molecule has 3 N–H and O–H groups in total. The van der Waals surface area contributed by atoms with E-state index in [1.54, 1.807) is 0 Å². The number of carbonyl (C=O) groups excluding carboxylic acids is 1. The molecule has 0 saturated carbocycles. The second-order valence-electron chi connectivity index (χ2n) is 7.37. The largest absolute Gasteiger partial charge is 0.388 e. The number of nitrogens with zero attached hydrogens (tertiary/aromatic N) is 1. The van der Waals surface area contributed by atoms with Gasteiger partial charge in [0.2, 0.25) is 5.91 Å². The molecule has 0 radical (unpaired) electrons. The number of hydrogen-bond donors (Lipinski definition) is 3. The molecule has 1 aromatic rings. The lowest BCUT2D eigenvalue weighted by atomic mass is 9.89. The number of amides is 1. The maximum atomic E-state index is 12.4. The predicted octanol–water partition coefficient (Wildman–Crippen LogP) is -0.366. The number of carbonyl (C=O) groups is 1. The van der Waals surface area contributed by atoms with E-state index >= 15 is 0 Å². The van der Waals surface area contributed by atoms with Gasteiger partial charge < -0.3 is 19.9 Å². The molecule has 2 rings (SSSR count). The number of likely N-dealkylation sites (N-methyl/N-ethyl adjacent to an activating group) is 1. The van der Waals surface area contributed by atoms with Crippen molar-refractivity contribution in [1.82, 2.24) is 14.9 Å². The van der Waals surface area contributed by atoms with Crippen LogP contribution in [0.3, 0.4) is 0 Å². The Hall–Kier alpha value is -1.97. The highest BCUT2D eigenvalue weighted by Gasteiger charge is 2.45. The minimum absolute atomic E-state index is 0.279.